The van der Waals surface area contributed by atoms with Gasteiger partial charge in [0.2, 0.25) is 11.0 Å². The number of pyridine rings is 1. The van der Waals surface area contributed by atoms with E-state index in [1.165, 1.54) is 24.4 Å². The number of rotatable bonds is 6. The summed E-state index contributed by atoms with van der Waals surface area (Å²) in [6, 6.07) is 8.44. The molecular weight excluding hydrogens is 511 g/mol. The van der Waals surface area contributed by atoms with Crippen molar-refractivity contribution in [1.29, 1.82) is 0 Å². The number of nitrogens with zero attached hydrogens (tertiary/aromatic N) is 2. The van der Waals surface area contributed by atoms with Gasteiger partial charge in [-0.25, -0.2) is 21.6 Å². The molecule has 1 aliphatic heterocycles. The number of hydrogen-bond donors (Lipinski definition) is 2. The third kappa shape index (κ3) is 4.77. The summed E-state index contributed by atoms with van der Waals surface area (Å²) in [5.74, 6) is -3.90. The summed E-state index contributed by atoms with van der Waals surface area (Å²) in [4.78, 5) is 17.0. The molecule has 4 aromatic rings. The first-order valence-electron chi connectivity index (χ1n) is 11.3. The van der Waals surface area contributed by atoms with Crippen LogP contribution in [0, 0.1) is 17.5 Å². The molecule has 0 aliphatic carbocycles. The number of nitrogens with one attached hydrogen (secondary N) is 1. The van der Waals surface area contributed by atoms with Crippen molar-refractivity contribution >= 4 is 26.9 Å². The number of phenolic OH excluding ortho intramolecular Hbond substituents is 1. The second kappa shape index (κ2) is 9.52. The van der Waals surface area contributed by atoms with Gasteiger partial charge in [-0.1, -0.05) is 0 Å². The summed E-state index contributed by atoms with van der Waals surface area (Å²) in [6.45, 7) is 0.105. The lowest BCUT2D eigenvalue weighted by molar-refractivity contribution is -0.124. The number of aromatic hydroxyl groups is 1. The van der Waals surface area contributed by atoms with Crippen LogP contribution < -0.4 is 5.32 Å². The van der Waals surface area contributed by atoms with Crippen LogP contribution in [0.25, 0.3) is 22.2 Å². The van der Waals surface area contributed by atoms with Gasteiger partial charge in [0.1, 0.15) is 23.2 Å². The van der Waals surface area contributed by atoms with Crippen molar-refractivity contribution in [2.45, 2.75) is 30.5 Å². The third-order valence-electron chi connectivity index (χ3n) is 6.13. The monoisotopic (exact) mass is 531 g/mol. The number of amides is 1. The second-order valence-corrected chi connectivity index (χ2v) is 10.4. The predicted molar refractivity (Wildman–Crippen MR) is 126 cm³/mol. The molecule has 1 aliphatic rings. The molecule has 1 fully saturated rings. The molecule has 12 heteroatoms. The van der Waals surface area contributed by atoms with Gasteiger partial charge in [0.25, 0.3) is 10.0 Å². The minimum absolute atomic E-state index is 0.00685. The zero-order chi connectivity index (χ0) is 26.3. The number of carbonyl (C=O) groups is 1. The Morgan fingerprint density at radius 1 is 1.11 bits per heavy atom. The van der Waals surface area contributed by atoms with Crippen LogP contribution >= 0.6 is 0 Å². The Labute approximate surface area is 209 Å². The lowest BCUT2D eigenvalue weighted by Crippen LogP contribution is -2.45. The van der Waals surface area contributed by atoms with Crippen LogP contribution in [-0.2, 0) is 21.4 Å². The molecule has 2 aromatic heterocycles. The number of hydrogen-bond acceptors (Lipinski definition) is 6. The fourth-order valence-electron chi connectivity index (χ4n) is 4.30. The summed E-state index contributed by atoms with van der Waals surface area (Å²) < 4.78 is 73.5. The van der Waals surface area contributed by atoms with Gasteiger partial charge in [0, 0.05) is 42.4 Å². The van der Waals surface area contributed by atoms with Gasteiger partial charge < -0.3 is 14.8 Å². The molecule has 0 spiro atoms. The molecule has 37 heavy (non-hydrogen) atoms. The Morgan fingerprint density at radius 3 is 2.70 bits per heavy atom. The van der Waals surface area contributed by atoms with Gasteiger partial charge in [-0.05, 0) is 54.8 Å². The van der Waals surface area contributed by atoms with E-state index in [1.54, 1.807) is 6.07 Å². The zero-order valence-electron chi connectivity index (χ0n) is 19.1. The highest BCUT2D eigenvalue weighted by Crippen LogP contribution is 2.32. The maximum absolute atomic E-state index is 13.7. The number of benzene rings is 2. The van der Waals surface area contributed by atoms with Crippen molar-refractivity contribution in [3.8, 4) is 17.0 Å². The van der Waals surface area contributed by atoms with Gasteiger partial charge in [-0.15, -0.1) is 0 Å². The number of phenols is 1. The average molecular weight is 532 g/mol. The summed E-state index contributed by atoms with van der Waals surface area (Å²) in [6.07, 6.45) is 2.14. The van der Waals surface area contributed by atoms with Crippen molar-refractivity contribution < 1.29 is 35.9 Å². The van der Waals surface area contributed by atoms with Crippen LogP contribution in [0.15, 0.2) is 64.2 Å². The molecule has 1 atom stereocenters. The maximum Gasteiger partial charge on any atom is 0.277 e. The van der Waals surface area contributed by atoms with E-state index in [1.807, 2.05) is 0 Å². The van der Waals surface area contributed by atoms with Crippen molar-refractivity contribution in [1.82, 2.24) is 14.6 Å². The Morgan fingerprint density at radius 2 is 1.89 bits per heavy atom. The molecule has 2 aromatic carbocycles. The van der Waals surface area contributed by atoms with Crippen molar-refractivity contribution in [2.24, 2.45) is 0 Å². The largest absolute Gasteiger partial charge is 0.507 e. The number of aromatic nitrogens is 1. The van der Waals surface area contributed by atoms with Crippen LogP contribution in [-0.4, -0.2) is 41.3 Å². The van der Waals surface area contributed by atoms with Crippen molar-refractivity contribution in [3.63, 3.8) is 0 Å². The van der Waals surface area contributed by atoms with E-state index >= 15 is 0 Å². The molecule has 1 amide bonds. The van der Waals surface area contributed by atoms with E-state index in [0.717, 1.165) is 22.5 Å². The number of fused-ring (bicyclic) bond motifs is 1. The van der Waals surface area contributed by atoms with E-state index in [0.29, 0.717) is 29.9 Å². The molecule has 1 saturated heterocycles. The van der Waals surface area contributed by atoms with E-state index in [4.69, 9.17) is 4.42 Å². The Balaban J connectivity index is 1.32. The molecule has 0 saturated carbocycles. The fourth-order valence-corrected chi connectivity index (χ4v) is 5.91. The summed E-state index contributed by atoms with van der Waals surface area (Å²) in [7, 11) is -4.17. The fraction of sp³-hybridized carbons (Fsp3) is 0.200. The van der Waals surface area contributed by atoms with Gasteiger partial charge >= 0.3 is 0 Å². The first kappa shape index (κ1) is 24.8. The zero-order valence-corrected chi connectivity index (χ0v) is 19.9. The number of halogens is 3. The molecule has 192 valence electrons. The standard InChI is InChI=1S/C25H20F3N3O5S/c26-16-3-4-23-15(9-16)10-24(36-23)37(34,35)31-7-1-2-21(31)25(33)30-13-14-5-6-29-20(8-14)17-11-18(27)19(28)12-22(17)32/h3-6,8-12,21,32H,1-2,7,13H2,(H,30,33). The highest BCUT2D eigenvalue weighted by molar-refractivity contribution is 7.89. The predicted octanol–water partition coefficient (Wildman–Crippen LogP) is 4.09. The summed E-state index contributed by atoms with van der Waals surface area (Å²) >= 11 is 0. The molecule has 0 bridgehead atoms. The lowest BCUT2D eigenvalue weighted by atomic mass is 10.1. The van der Waals surface area contributed by atoms with Gasteiger partial charge in [-0.3, -0.25) is 9.78 Å². The highest BCUT2D eigenvalue weighted by Gasteiger charge is 2.41. The number of carbonyl (C=O) groups excluding carboxylic acids is 1. The first-order valence-corrected chi connectivity index (χ1v) is 12.7. The van der Waals surface area contributed by atoms with Crippen molar-refractivity contribution in [2.75, 3.05) is 6.54 Å². The lowest BCUT2D eigenvalue weighted by Gasteiger charge is -2.22. The van der Waals surface area contributed by atoms with Crippen molar-refractivity contribution in [3.05, 3.63) is 77.7 Å². The topological polar surface area (TPSA) is 113 Å². The van der Waals surface area contributed by atoms with E-state index in [-0.39, 0.29) is 35.0 Å². The van der Waals surface area contributed by atoms with Gasteiger partial charge in [0.15, 0.2) is 11.6 Å². The normalized spacial score (nSPS) is 16.4. The second-order valence-electron chi connectivity index (χ2n) is 8.57. The molecule has 5 rings (SSSR count). The molecule has 1 unspecified atom stereocenters. The Bertz CT molecular complexity index is 1620. The van der Waals surface area contributed by atoms with Crippen LogP contribution in [0.5, 0.6) is 5.75 Å². The van der Waals surface area contributed by atoms with E-state index < -0.39 is 45.2 Å². The maximum atomic E-state index is 13.7. The average Bonchev–Trinajstić information content (AvgIpc) is 3.53. The van der Waals surface area contributed by atoms with Crippen LogP contribution in [0.4, 0.5) is 13.2 Å². The quantitative estimate of drug-likeness (QED) is 0.388. The van der Waals surface area contributed by atoms with Crippen LogP contribution in [0.2, 0.25) is 0 Å². The Kier molecular flexibility index (Phi) is 6.38. The molecule has 8 nitrogen and oxygen atoms in total. The number of furan rings is 1. The summed E-state index contributed by atoms with van der Waals surface area (Å²) in [5, 5.41) is 12.6. The molecular formula is C25H20F3N3O5S. The van der Waals surface area contributed by atoms with Crippen LogP contribution in [0.1, 0.15) is 18.4 Å². The Hall–Kier alpha value is -3.90. The smallest absolute Gasteiger partial charge is 0.277 e. The first-order chi connectivity index (χ1) is 17.6. The third-order valence-corrected chi connectivity index (χ3v) is 7.89. The molecule has 2 N–H and O–H groups in total. The SMILES string of the molecule is O=C(NCc1ccnc(-c2cc(F)c(F)cc2O)c1)C1CCCN1S(=O)(=O)c1cc2cc(F)ccc2o1. The molecule has 3 heterocycles. The van der Waals surface area contributed by atoms with E-state index in [9.17, 15) is 31.5 Å². The minimum Gasteiger partial charge on any atom is -0.507 e. The minimum atomic E-state index is -4.17. The highest BCUT2D eigenvalue weighted by atomic mass is 32.2. The van der Waals surface area contributed by atoms with Gasteiger partial charge in [-0.2, -0.15) is 4.31 Å². The summed E-state index contributed by atoms with van der Waals surface area (Å²) in [5.41, 5.74) is 0.885. The van der Waals surface area contributed by atoms with E-state index in [2.05, 4.69) is 10.3 Å². The molecule has 0 radical (unpaired) electrons. The number of sulfonamides is 1. The van der Waals surface area contributed by atoms with Crippen LogP contribution in [0.3, 0.4) is 0 Å². The van der Waals surface area contributed by atoms with Gasteiger partial charge in [0.05, 0.1) is 5.69 Å².